The molecule has 5 heteroatoms. The topological polar surface area (TPSA) is 55.8 Å². The van der Waals surface area contributed by atoms with Crippen molar-refractivity contribution < 1.29 is 19.1 Å². The number of amides is 1. The fourth-order valence-corrected chi connectivity index (χ4v) is 2.71. The Bertz CT molecular complexity index is 559. The molecule has 0 saturated carbocycles. The SMILES string of the molecule is CCOC(=O)c1ccc(C2CCCN2C(=O)OC(C)(C)C)cc1. The molecule has 1 saturated heterocycles. The first-order chi connectivity index (χ1) is 10.8. The van der Waals surface area contributed by atoms with E-state index in [2.05, 4.69) is 0 Å². The fourth-order valence-electron chi connectivity index (χ4n) is 2.71. The second-order valence-corrected chi connectivity index (χ2v) is 6.67. The van der Waals surface area contributed by atoms with Gasteiger partial charge in [0, 0.05) is 6.54 Å². The molecule has 1 amide bonds. The quantitative estimate of drug-likeness (QED) is 0.792. The summed E-state index contributed by atoms with van der Waals surface area (Å²) in [5.74, 6) is -0.325. The molecule has 1 aliphatic heterocycles. The van der Waals surface area contributed by atoms with Crippen molar-refractivity contribution in [3.05, 3.63) is 35.4 Å². The van der Waals surface area contributed by atoms with Crippen LogP contribution in [0.3, 0.4) is 0 Å². The molecule has 0 aromatic heterocycles. The van der Waals surface area contributed by atoms with Crippen LogP contribution in [0.4, 0.5) is 4.79 Å². The van der Waals surface area contributed by atoms with E-state index in [1.807, 2.05) is 32.9 Å². The van der Waals surface area contributed by atoms with Crippen LogP contribution >= 0.6 is 0 Å². The summed E-state index contributed by atoms with van der Waals surface area (Å²) < 4.78 is 10.5. The summed E-state index contributed by atoms with van der Waals surface area (Å²) >= 11 is 0. The summed E-state index contributed by atoms with van der Waals surface area (Å²) in [6, 6.07) is 7.28. The van der Waals surface area contributed by atoms with Gasteiger partial charge in [-0.3, -0.25) is 0 Å². The minimum atomic E-state index is -0.502. The highest BCUT2D eigenvalue weighted by molar-refractivity contribution is 5.89. The number of esters is 1. The van der Waals surface area contributed by atoms with E-state index in [1.165, 1.54) is 0 Å². The maximum Gasteiger partial charge on any atom is 0.410 e. The number of rotatable bonds is 3. The normalized spacial score (nSPS) is 17.9. The number of hydrogen-bond donors (Lipinski definition) is 0. The van der Waals surface area contributed by atoms with Gasteiger partial charge in [-0.25, -0.2) is 9.59 Å². The Morgan fingerprint density at radius 3 is 2.43 bits per heavy atom. The van der Waals surface area contributed by atoms with Crippen LogP contribution < -0.4 is 0 Å². The molecule has 1 aromatic carbocycles. The van der Waals surface area contributed by atoms with Crippen LogP contribution in [0.15, 0.2) is 24.3 Å². The first-order valence-electron chi connectivity index (χ1n) is 8.08. The van der Waals surface area contributed by atoms with Crippen LogP contribution in [0.2, 0.25) is 0 Å². The van der Waals surface area contributed by atoms with E-state index >= 15 is 0 Å². The minimum absolute atomic E-state index is 0.00101. The van der Waals surface area contributed by atoms with Gasteiger partial charge in [-0.1, -0.05) is 12.1 Å². The molecule has 23 heavy (non-hydrogen) atoms. The molecule has 0 aliphatic carbocycles. The van der Waals surface area contributed by atoms with Gasteiger partial charge in [0.2, 0.25) is 0 Å². The van der Waals surface area contributed by atoms with Gasteiger partial charge in [0.05, 0.1) is 18.2 Å². The zero-order valence-corrected chi connectivity index (χ0v) is 14.3. The third kappa shape index (κ3) is 4.47. The van der Waals surface area contributed by atoms with Gasteiger partial charge in [-0.2, -0.15) is 0 Å². The smallest absolute Gasteiger partial charge is 0.410 e. The average molecular weight is 319 g/mol. The lowest BCUT2D eigenvalue weighted by Gasteiger charge is -2.28. The average Bonchev–Trinajstić information content (AvgIpc) is 2.95. The molecule has 0 radical (unpaired) electrons. The van der Waals surface area contributed by atoms with Gasteiger partial charge >= 0.3 is 12.1 Å². The van der Waals surface area contributed by atoms with Gasteiger partial charge in [0.15, 0.2) is 0 Å². The molecule has 1 unspecified atom stereocenters. The molecule has 1 aliphatic rings. The first-order valence-corrected chi connectivity index (χ1v) is 8.08. The van der Waals surface area contributed by atoms with Crippen molar-refractivity contribution in [1.29, 1.82) is 0 Å². The lowest BCUT2D eigenvalue weighted by molar-refractivity contribution is 0.0224. The molecule has 1 heterocycles. The van der Waals surface area contributed by atoms with Crippen molar-refractivity contribution in [3.8, 4) is 0 Å². The Balaban J connectivity index is 2.10. The zero-order chi connectivity index (χ0) is 17.0. The highest BCUT2D eigenvalue weighted by Crippen LogP contribution is 2.33. The van der Waals surface area contributed by atoms with E-state index in [-0.39, 0.29) is 18.1 Å². The molecule has 1 atom stereocenters. The highest BCUT2D eigenvalue weighted by Gasteiger charge is 2.33. The highest BCUT2D eigenvalue weighted by atomic mass is 16.6. The van der Waals surface area contributed by atoms with Gasteiger partial charge in [0.25, 0.3) is 0 Å². The van der Waals surface area contributed by atoms with Crippen molar-refractivity contribution in [2.45, 2.75) is 52.2 Å². The predicted octanol–water partition coefficient (Wildman–Crippen LogP) is 3.94. The third-order valence-corrected chi connectivity index (χ3v) is 3.69. The van der Waals surface area contributed by atoms with Crippen LogP contribution in [0.1, 0.15) is 62.5 Å². The van der Waals surface area contributed by atoms with E-state index in [0.29, 0.717) is 18.7 Å². The van der Waals surface area contributed by atoms with Gasteiger partial charge in [-0.05, 0) is 58.2 Å². The first kappa shape index (κ1) is 17.3. The molecule has 1 aromatic rings. The van der Waals surface area contributed by atoms with Crippen LogP contribution in [0, 0.1) is 0 Å². The van der Waals surface area contributed by atoms with Crippen LogP contribution in [0.25, 0.3) is 0 Å². The summed E-state index contributed by atoms with van der Waals surface area (Å²) in [6.07, 6.45) is 1.57. The van der Waals surface area contributed by atoms with Gasteiger partial charge in [0.1, 0.15) is 5.60 Å². The molecule has 0 spiro atoms. The van der Waals surface area contributed by atoms with E-state index < -0.39 is 5.60 Å². The van der Waals surface area contributed by atoms with Crippen LogP contribution in [0.5, 0.6) is 0 Å². The Labute approximate surface area is 137 Å². The molecule has 5 nitrogen and oxygen atoms in total. The number of hydrogen-bond acceptors (Lipinski definition) is 4. The monoisotopic (exact) mass is 319 g/mol. The number of nitrogens with zero attached hydrogens (tertiary/aromatic N) is 1. The molecule has 1 fully saturated rings. The number of benzene rings is 1. The lowest BCUT2D eigenvalue weighted by atomic mass is 10.0. The summed E-state index contributed by atoms with van der Waals surface area (Å²) in [4.78, 5) is 25.8. The van der Waals surface area contributed by atoms with Gasteiger partial charge < -0.3 is 14.4 Å². The molecular weight excluding hydrogens is 294 g/mol. The van der Waals surface area contributed by atoms with Crippen LogP contribution in [-0.4, -0.2) is 35.7 Å². The maximum atomic E-state index is 12.3. The Morgan fingerprint density at radius 2 is 1.87 bits per heavy atom. The number of ether oxygens (including phenoxy) is 2. The van der Waals surface area contributed by atoms with E-state index in [1.54, 1.807) is 24.0 Å². The Hall–Kier alpha value is -2.04. The van der Waals surface area contributed by atoms with Crippen LogP contribution in [-0.2, 0) is 9.47 Å². The van der Waals surface area contributed by atoms with Crippen molar-refractivity contribution in [1.82, 2.24) is 4.90 Å². The number of carbonyl (C=O) groups excluding carboxylic acids is 2. The molecule has 126 valence electrons. The largest absolute Gasteiger partial charge is 0.462 e. The second-order valence-electron chi connectivity index (χ2n) is 6.67. The lowest BCUT2D eigenvalue weighted by Crippen LogP contribution is -2.36. The fraction of sp³-hybridized carbons (Fsp3) is 0.556. The van der Waals surface area contributed by atoms with E-state index in [9.17, 15) is 9.59 Å². The number of likely N-dealkylation sites (tertiary alicyclic amines) is 1. The Kier molecular flexibility index (Phi) is 5.29. The molecule has 0 N–H and O–H groups in total. The second kappa shape index (κ2) is 7.02. The summed E-state index contributed by atoms with van der Waals surface area (Å²) in [5.41, 5.74) is 1.04. The molecule has 2 rings (SSSR count). The van der Waals surface area contributed by atoms with Gasteiger partial charge in [-0.15, -0.1) is 0 Å². The van der Waals surface area contributed by atoms with E-state index in [0.717, 1.165) is 18.4 Å². The molecule has 0 bridgehead atoms. The molecular formula is C18H25NO4. The summed E-state index contributed by atoms with van der Waals surface area (Å²) in [7, 11) is 0. The number of carbonyl (C=O) groups is 2. The standard InChI is InChI=1S/C18H25NO4/c1-5-22-16(20)14-10-8-13(9-11-14)15-7-6-12-19(15)17(21)23-18(2,3)4/h8-11,15H,5-7,12H2,1-4H3. The third-order valence-electron chi connectivity index (χ3n) is 3.69. The maximum absolute atomic E-state index is 12.3. The van der Waals surface area contributed by atoms with Crippen molar-refractivity contribution in [2.24, 2.45) is 0 Å². The van der Waals surface area contributed by atoms with Crippen molar-refractivity contribution in [3.63, 3.8) is 0 Å². The predicted molar refractivity (Wildman–Crippen MR) is 87.3 cm³/mol. The Morgan fingerprint density at radius 1 is 1.22 bits per heavy atom. The zero-order valence-electron chi connectivity index (χ0n) is 14.3. The van der Waals surface area contributed by atoms with Crippen molar-refractivity contribution >= 4 is 12.1 Å². The van der Waals surface area contributed by atoms with Crippen molar-refractivity contribution in [2.75, 3.05) is 13.2 Å². The summed E-state index contributed by atoms with van der Waals surface area (Å²) in [5, 5.41) is 0. The minimum Gasteiger partial charge on any atom is -0.462 e. The van der Waals surface area contributed by atoms with E-state index in [4.69, 9.17) is 9.47 Å². The summed E-state index contributed by atoms with van der Waals surface area (Å²) in [6.45, 7) is 8.43.